The largest absolute Gasteiger partial charge is 0.394 e. The predicted molar refractivity (Wildman–Crippen MR) is 63.8 cm³/mol. The summed E-state index contributed by atoms with van der Waals surface area (Å²) in [5, 5.41) is 31.1. The van der Waals surface area contributed by atoms with Crippen LogP contribution in [0.2, 0.25) is 0 Å². The number of hydrogen-bond acceptors (Lipinski definition) is 6. The Morgan fingerprint density at radius 1 is 1.41 bits per heavy atom. The molecule has 0 radical (unpaired) electrons. The third kappa shape index (κ3) is 3.56. The molecule has 0 aromatic heterocycles. The number of carbonyl (C=O) groups is 1. The predicted octanol–water partition coefficient (Wildman–Crippen LogP) is -1.71. The number of ether oxygens (including phenoxy) is 1. The van der Waals surface area contributed by atoms with Gasteiger partial charge in [-0.2, -0.15) is 12.6 Å². The monoisotopic (exact) mass is 265 g/mol. The Morgan fingerprint density at radius 2 is 2.06 bits per heavy atom. The smallest absolute Gasteiger partial charge is 0.221 e. The summed E-state index contributed by atoms with van der Waals surface area (Å²) in [5.41, 5.74) is 0. The van der Waals surface area contributed by atoms with Crippen LogP contribution in [-0.2, 0) is 9.53 Å². The number of carbonyl (C=O) groups excluding carboxylic acids is 1. The summed E-state index contributed by atoms with van der Waals surface area (Å²) in [6.07, 6.45) is -3.43. The first-order chi connectivity index (χ1) is 8.01. The van der Waals surface area contributed by atoms with E-state index < -0.39 is 30.5 Å². The summed E-state index contributed by atoms with van der Waals surface area (Å²) in [6, 6.07) is -0.680. The molecule has 0 bridgehead atoms. The van der Waals surface area contributed by atoms with Gasteiger partial charge >= 0.3 is 0 Å². The third-order valence-electron chi connectivity index (χ3n) is 2.84. The summed E-state index contributed by atoms with van der Waals surface area (Å²) < 4.78 is 5.32. The Morgan fingerprint density at radius 3 is 2.59 bits per heavy atom. The van der Waals surface area contributed by atoms with Crippen molar-refractivity contribution in [3.05, 3.63) is 0 Å². The van der Waals surface area contributed by atoms with Gasteiger partial charge in [0.2, 0.25) is 5.91 Å². The molecule has 0 aliphatic carbocycles. The topological polar surface area (TPSA) is 99.0 Å². The van der Waals surface area contributed by atoms with Gasteiger partial charge in [-0.1, -0.05) is 0 Å². The Labute approximate surface area is 105 Å². The lowest BCUT2D eigenvalue weighted by molar-refractivity contribution is -0.190. The molecular formula is C10H19NO5S. The van der Waals surface area contributed by atoms with Crippen molar-refractivity contribution in [2.45, 2.75) is 43.8 Å². The first-order valence-corrected chi connectivity index (χ1v) is 6.17. The summed E-state index contributed by atoms with van der Waals surface area (Å²) in [7, 11) is 0. The van der Waals surface area contributed by atoms with Crippen LogP contribution >= 0.6 is 12.6 Å². The molecule has 1 rings (SSSR count). The minimum Gasteiger partial charge on any atom is -0.394 e. The molecule has 17 heavy (non-hydrogen) atoms. The summed E-state index contributed by atoms with van der Waals surface area (Å²) in [6.45, 7) is 1.29. The van der Waals surface area contributed by atoms with E-state index in [0.717, 1.165) is 0 Å². The zero-order valence-electron chi connectivity index (χ0n) is 9.61. The van der Waals surface area contributed by atoms with Gasteiger partial charge in [-0.25, -0.2) is 0 Å². The van der Waals surface area contributed by atoms with Crippen molar-refractivity contribution in [1.82, 2.24) is 5.32 Å². The fourth-order valence-electron chi connectivity index (χ4n) is 1.86. The zero-order chi connectivity index (χ0) is 13.0. The second-order valence-corrected chi connectivity index (χ2v) is 4.56. The number of rotatable bonds is 4. The van der Waals surface area contributed by atoms with E-state index in [-0.39, 0.29) is 18.9 Å². The van der Waals surface area contributed by atoms with Gasteiger partial charge in [0, 0.05) is 6.42 Å². The van der Waals surface area contributed by atoms with Gasteiger partial charge in [-0.3, -0.25) is 4.79 Å². The number of aliphatic hydroxyl groups excluding tert-OH is 3. The van der Waals surface area contributed by atoms with Crippen LogP contribution < -0.4 is 5.32 Å². The Kier molecular flexibility index (Phi) is 5.68. The van der Waals surface area contributed by atoms with E-state index in [9.17, 15) is 15.0 Å². The van der Waals surface area contributed by atoms with Gasteiger partial charge in [0.25, 0.3) is 0 Å². The second-order valence-electron chi connectivity index (χ2n) is 4.11. The molecule has 5 unspecified atom stereocenters. The molecule has 0 aromatic carbocycles. The maximum Gasteiger partial charge on any atom is 0.221 e. The molecule has 4 N–H and O–H groups in total. The van der Waals surface area contributed by atoms with Gasteiger partial charge in [-0.15, -0.1) is 0 Å². The number of hydrogen-bond donors (Lipinski definition) is 5. The lowest BCUT2D eigenvalue weighted by Crippen LogP contribution is -2.63. The molecule has 7 heteroatoms. The van der Waals surface area contributed by atoms with Gasteiger partial charge in [0.1, 0.15) is 18.3 Å². The highest BCUT2D eigenvalue weighted by Gasteiger charge is 2.42. The highest BCUT2D eigenvalue weighted by atomic mass is 32.1. The van der Waals surface area contributed by atoms with Crippen molar-refractivity contribution < 1.29 is 24.9 Å². The number of aliphatic hydroxyl groups is 3. The van der Waals surface area contributed by atoms with Crippen LogP contribution in [0.5, 0.6) is 0 Å². The van der Waals surface area contributed by atoms with Gasteiger partial charge in [-0.05, 0) is 12.7 Å². The fourth-order valence-corrected chi connectivity index (χ4v) is 2.07. The van der Waals surface area contributed by atoms with E-state index in [4.69, 9.17) is 9.84 Å². The highest BCUT2D eigenvalue weighted by Crippen LogP contribution is 2.20. The van der Waals surface area contributed by atoms with E-state index in [2.05, 4.69) is 17.9 Å². The summed E-state index contributed by atoms with van der Waals surface area (Å²) in [4.78, 5) is 11.4. The lowest BCUT2D eigenvalue weighted by atomic mass is 9.93. The van der Waals surface area contributed by atoms with Crippen molar-refractivity contribution >= 4 is 18.5 Å². The van der Waals surface area contributed by atoms with E-state index >= 15 is 0 Å². The number of amides is 1. The summed E-state index contributed by atoms with van der Waals surface area (Å²) in [5.74, 6) is 0.153. The van der Waals surface area contributed by atoms with Crippen LogP contribution in [0.25, 0.3) is 0 Å². The van der Waals surface area contributed by atoms with Crippen molar-refractivity contribution in [1.29, 1.82) is 0 Å². The van der Waals surface area contributed by atoms with E-state index in [1.54, 1.807) is 6.92 Å². The number of nitrogens with one attached hydrogen (secondary N) is 1. The average molecular weight is 265 g/mol. The third-order valence-corrected chi connectivity index (χ3v) is 3.06. The molecule has 5 atom stereocenters. The maximum absolute atomic E-state index is 11.4. The molecule has 1 aliphatic heterocycles. The average Bonchev–Trinajstić information content (AvgIpc) is 2.29. The molecule has 1 saturated heterocycles. The van der Waals surface area contributed by atoms with Gasteiger partial charge in [0.05, 0.1) is 18.8 Å². The van der Waals surface area contributed by atoms with Crippen molar-refractivity contribution in [2.24, 2.45) is 0 Å². The zero-order valence-corrected chi connectivity index (χ0v) is 10.5. The molecule has 0 spiro atoms. The van der Waals surface area contributed by atoms with Gasteiger partial charge in [0.15, 0.2) is 0 Å². The van der Waals surface area contributed by atoms with Crippen molar-refractivity contribution in [2.75, 3.05) is 12.4 Å². The lowest BCUT2D eigenvalue weighted by Gasteiger charge is -2.41. The van der Waals surface area contributed by atoms with Crippen molar-refractivity contribution in [3.8, 4) is 0 Å². The van der Waals surface area contributed by atoms with E-state index in [0.29, 0.717) is 5.75 Å². The van der Waals surface area contributed by atoms with E-state index in [1.807, 2.05) is 0 Å². The van der Waals surface area contributed by atoms with Crippen LogP contribution in [0.1, 0.15) is 13.3 Å². The molecule has 0 saturated carbocycles. The fraction of sp³-hybridized carbons (Fsp3) is 0.900. The Balaban J connectivity index is 2.63. The minimum absolute atomic E-state index is 0.235. The molecule has 1 amide bonds. The van der Waals surface area contributed by atoms with Crippen LogP contribution in [0.3, 0.4) is 0 Å². The van der Waals surface area contributed by atoms with Crippen molar-refractivity contribution in [3.63, 3.8) is 0 Å². The van der Waals surface area contributed by atoms with Crippen LogP contribution in [0, 0.1) is 0 Å². The Hall–Kier alpha value is -0.340. The Bertz CT molecular complexity index is 265. The van der Waals surface area contributed by atoms with Gasteiger partial charge < -0.3 is 25.4 Å². The first kappa shape index (κ1) is 14.7. The molecule has 1 aliphatic rings. The maximum atomic E-state index is 11.4. The molecule has 100 valence electrons. The molecular weight excluding hydrogens is 246 g/mol. The molecule has 0 aromatic rings. The molecule has 1 heterocycles. The standard InChI is InChI=1S/C10H19NO5S/c1-5-8(11-7(13)2-3-17)10(15)9(14)6(4-12)16-5/h5-6,8-10,12,14-15,17H,2-4H2,1H3,(H,11,13). The van der Waals surface area contributed by atoms with Crippen LogP contribution in [0.4, 0.5) is 0 Å². The SMILES string of the molecule is CC1OC(CO)C(O)C(O)C1NC(=O)CCS. The second kappa shape index (κ2) is 6.55. The minimum atomic E-state index is -1.21. The van der Waals surface area contributed by atoms with Crippen LogP contribution in [0.15, 0.2) is 0 Å². The summed E-state index contributed by atoms with van der Waals surface area (Å²) >= 11 is 3.93. The highest BCUT2D eigenvalue weighted by molar-refractivity contribution is 7.80. The normalized spacial score (nSPS) is 37.8. The quantitative estimate of drug-likeness (QED) is 0.390. The molecule has 1 fully saturated rings. The van der Waals surface area contributed by atoms with E-state index in [1.165, 1.54) is 0 Å². The number of thiol groups is 1. The first-order valence-electron chi connectivity index (χ1n) is 5.54. The van der Waals surface area contributed by atoms with Crippen LogP contribution in [-0.4, -0.2) is 64.0 Å². The molecule has 6 nitrogen and oxygen atoms in total.